The van der Waals surface area contributed by atoms with Crippen LogP contribution in [-0.4, -0.2) is 26.2 Å². The summed E-state index contributed by atoms with van der Waals surface area (Å²) in [5.74, 6) is 0.132. The molecule has 1 rings (SSSR count). The van der Waals surface area contributed by atoms with Crippen LogP contribution in [0.1, 0.15) is 31.4 Å². The Hall–Kier alpha value is -0.910. The number of hydrogen-bond acceptors (Lipinski definition) is 3. The SMILES string of the molecule is Cc1ccc(S(=O)(=O)NC(CCO)C(C)C)c(C)c1. The molecule has 0 aliphatic heterocycles. The lowest BCUT2D eigenvalue weighted by molar-refractivity contribution is 0.256. The van der Waals surface area contributed by atoms with Crippen LogP contribution in [-0.2, 0) is 10.0 Å². The van der Waals surface area contributed by atoms with Crippen molar-refractivity contribution in [2.75, 3.05) is 6.61 Å². The highest BCUT2D eigenvalue weighted by atomic mass is 32.2. The molecular weight excluding hydrogens is 262 g/mol. The Morgan fingerprint density at radius 3 is 2.37 bits per heavy atom. The van der Waals surface area contributed by atoms with Gasteiger partial charge in [0.1, 0.15) is 0 Å². The van der Waals surface area contributed by atoms with E-state index in [-0.39, 0.29) is 18.6 Å². The average molecular weight is 285 g/mol. The van der Waals surface area contributed by atoms with Crippen LogP contribution in [0.5, 0.6) is 0 Å². The maximum absolute atomic E-state index is 12.4. The molecule has 5 heteroatoms. The molecule has 1 atom stereocenters. The number of aliphatic hydroxyl groups is 1. The van der Waals surface area contributed by atoms with Gasteiger partial charge in [-0.25, -0.2) is 13.1 Å². The Balaban J connectivity index is 3.03. The van der Waals surface area contributed by atoms with E-state index < -0.39 is 10.0 Å². The summed E-state index contributed by atoms with van der Waals surface area (Å²) >= 11 is 0. The van der Waals surface area contributed by atoms with Crippen LogP contribution >= 0.6 is 0 Å². The molecule has 0 fully saturated rings. The summed E-state index contributed by atoms with van der Waals surface area (Å²) in [6.45, 7) is 7.56. The molecule has 108 valence electrons. The zero-order valence-corrected chi connectivity index (χ0v) is 12.8. The van der Waals surface area contributed by atoms with Crippen LogP contribution in [0.4, 0.5) is 0 Å². The molecule has 1 aromatic carbocycles. The van der Waals surface area contributed by atoms with Gasteiger partial charge >= 0.3 is 0 Å². The van der Waals surface area contributed by atoms with Gasteiger partial charge in [-0.05, 0) is 37.8 Å². The molecule has 0 aromatic heterocycles. The minimum Gasteiger partial charge on any atom is -0.396 e. The standard InChI is InChI=1S/C14H23NO3S/c1-10(2)13(7-8-16)15-19(17,18)14-6-5-11(3)9-12(14)4/h5-6,9-10,13,15-16H,7-8H2,1-4H3. The molecule has 0 saturated heterocycles. The third-order valence-electron chi connectivity index (χ3n) is 3.17. The van der Waals surface area contributed by atoms with Crippen molar-refractivity contribution in [3.8, 4) is 0 Å². The third-order valence-corrected chi connectivity index (χ3v) is 4.82. The molecule has 1 unspecified atom stereocenters. The molecule has 2 N–H and O–H groups in total. The Bertz CT molecular complexity index is 523. The fraction of sp³-hybridized carbons (Fsp3) is 0.571. The number of nitrogens with one attached hydrogen (secondary N) is 1. The molecule has 0 aliphatic carbocycles. The summed E-state index contributed by atoms with van der Waals surface area (Å²) in [4.78, 5) is 0.307. The van der Waals surface area contributed by atoms with Gasteiger partial charge in [0.2, 0.25) is 10.0 Å². The van der Waals surface area contributed by atoms with E-state index in [2.05, 4.69) is 4.72 Å². The number of hydrogen-bond donors (Lipinski definition) is 2. The molecule has 0 aliphatic rings. The largest absolute Gasteiger partial charge is 0.396 e. The van der Waals surface area contributed by atoms with Gasteiger partial charge in [-0.1, -0.05) is 31.5 Å². The third kappa shape index (κ3) is 4.30. The van der Waals surface area contributed by atoms with Gasteiger partial charge in [-0.2, -0.15) is 0 Å². The monoisotopic (exact) mass is 285 g/mol. The van der Waals surface area contributed by atoms with Gasteiger partial charge in [0.25, 0.3) is 0 Å². The number of aryl methyl sites for hydroxylation is 2. The summed E-state index contributed by atoms with van der Waals surface area (Å²) in [5, 5.41) is 9.01. The van der Waals surface area contributed by atoms with Crippen LogP contribution in [0.2, 0.25) is 0 Å². The van der Waals surface area contributed by atoms with Crippen molar-refractivity contribution in [2.45, 2.75) is 45.1 Å². The molecule has 0 spiro atoms. The maximum atomic E-state index is 12.4. The van der Waals surface area contributed by atoms with Crippen molar-refractivity contribution in [2.24, 2.45) is 5.92 Å². The predicted molar refractivity (Wildman–Crippen MR) is 76.6 cm³/mol. The van der Waals surface area contributed by atoms with E-state index in [9.17, 15) is 8.42 Å². The van der Waals surface area contributed by atoms with Gasteiger partial charge in [0.05, 0.1) is 4.90 Å². The van der Waals surface area contributed by atoms with Gasteiger partial charge in [0, 0.05) is 12.6 Å². The highest BCUT2D eigenvalue weighted by molar-refractivity contribution is 7.89. The summed E-state index contributed by atoms with van der Waals surface area (Å²) in [6.07, 6.45) is 0.418. The van der Waals surface area contributed by atoms with Crippen LogP contribution < -0.4 is 4.72 Å². The van der Waals surface area contributed by atoms with E-state index in [4.69, 9.17) is 5.11 Å². The molecule has 0 amide bonds. The number of rotatable bonds is 6. The van der Waals surface area contributed by atoms with Crippen molar-refractivity contribution in [3.05, 3.63) is 29.3 Å². The smallest absolute Gasteiger partial charge is 0.241 e. The fourth-order valence-corrected chi connectivity index (χ4v) is 3.68. The molecule has 0 saturated carbocycles. The van der Waals surface area contributed by atoms with Gasteiger partial charge in [-0.3, -0.25) is 0 Å². The molecule has 0 radical (unpaired) electrons. The Kier molecular flexibility index (Phi) is 5.52. The summed E-state index contributed by atoms with van der Waals surface area (Å²) in [7, 11) is -3.54. The highest BCUT2D eigenvalue weighted by Crippen LogP contribution is 2.18. The minimum absolute atomic E-state index is 0.0295. The van der Waals surface area contributed by atoms with Gasteiger partial charge in [0.15, 0.2) is 0 Å². The first-order valence-electron chi connectivity index (χ1n) is 6.48. The van der Waals surface area contributed by atoms with Crippen LogP contribution in [0.3, 0.4) is 0 Å². The van der Waals surface area contributed by atoms with Crippen LogP contribution in [0.25, 0.3) is 0 Å². The summed E-state index contributed by atoms with van der Waals surface area (Å²) in [5.41, 5.74) is 1.77. The first-order chi connectivity index (χ1) is 8.77. The number of aliphatic hydroxyl groups excluding tert-OH is 1. The Morgan fingerprint density at radius 2 is 1.89 bits per heavy atom. The first-order valence-corrected chi connectivity index (χ1v) is 7.96. The second-order valence-electron chi connectivity index (χ2n) is 5.25. The lowest BCUT2D eigenvalue weighted by atomic mass is 10.0. The molecule has 0 heterocycles. The van der Waals surface area contributed by atoms with E-state index in [0.29, 0.717) is 11.3 Å². The predicted octanol–water partition coefficient (Wildman–Crippen LogP) is 1.99. The Morgan fingerprint density at radius 1 is 1.26 bits per heavy atom. The van der Waals surface area contributed by atoms with E-state index in [1.165, 1.54) is 0 Å². The number of sulfonamides is 1. The molecule has 0 bridgehead atoms. The van der Waals surface area contributed by atoms with Crippen molar-refractivity contribution in [1.82, 2.24) is 4.72 Å². The lowest BCUT2D eigenvalue weighted by Gasteiger charge is -2.22. The maximum Gasteiger partial charge on any atom is 0.241 e. The van der Waals surface area contributed by atoms with Crippen molar-refractivity contribution < 1.29 is 13.5 Å². The van der Waals surface area contributed by atoms with Crippen molar-refractivity contribution in [3.63, 3.8) is 0 Å². The van der Waals surface area contributed by atoms with Gasteiger partial charge < -0.3 is 5.11 Å². The molecule has 1 aromatic rings. The minimum atomic E-state index is -3.54. The molecule has 19 heavy (non-hydrogen) atoms. The average Bonchev–Trinajstić information content (AvgIpc) is 2.27. The van der Waals surface area contributed by atoms with E-state index >= 15 is 0 Å². The summed E-state index contributed by atoms with van der Waals surface area (Å²) in [6, 6.07) is 5.02. The topological polar surface area (TPSA) is 66.4 Å². The lowest BCUT2D eigenvalue weighted by Crippen LogP contribution is -2.39. The Labute approximate surface area is 115 Å². The normalized spacial score (nSPS) is 13.8. The number of benzene rings is 1. The van der Waals surface area contributed by atoms with Crippen molar-refractivity contribution in [1.29, 1.82) is 0 Å². The highest BCUT2D eigenvalue weighted by Gasteiger charge is 2.23. The molecule has 4 nitrogen and oxygen atoms in total. The zero-order valence-electron chi connectivity index (χ0n) is 12.0. The zero-order chi connectivity index (χ0) is 14.6. The van der Waals surface area contributed by atoms with Crippen molar-refractivity contribution >= 4 is 10.0 Å². The molecular formula is C14H23NO3S. The quantitative estimate of drug-likeness (QED) is 0.840. The first kappa shape index (κ1) is 16.1. The van der Waals surface area contributed by atoms with Crippen LogP contribution in [0, 0.1) is 19.8 Å². The van der Waals surface area contributed by atoms with Crippen LogP contribution in [0.15, 0.2) is 23.1 Å². The second-order valence-corrected chi connectivity index (χ2v) is 6.94. The summed E-state index contributed by atoms with van der Waals surface area (Å²) < 4.78 is 27.4. The fourth-order valence-electron chi connectivity index (χ4n) is 2.03. The second kappa shape index (κ2) is 6.50. The van der Waals surface area contributed by atoms with E-state index in [1.807, 2.05) is 26.8 Å². The van der Waals surface area contributed by atoms with E-state index in [1.54, 1.807) is 19.1 Å². The van der Waals surface area contributed by atoms with Gasteiger partial charge in [-0.15, -0.1) is 0 Å². The van der Waals surface area contributed by atoms with E-state index in [0.717, 1.165) is 11.1 Å².